The summed E-state index contributed by atoms with van der Waals surface area (Å²) in [4.78, 5) is 27.8. The Morgan fingerprint density at radius 2 is 1.82 bits per heavy atom. The molecule has 0 aromatic heterocycles. The lowest BCUT2D eigenvalue weighted by molar-refractivity contribution is -0.139. The number of ether oxygens (including phenoxy) is 1. The third kappa shape index (κ3) is 5.13. The number of piperidine rings is 1. The van der Waals surface area contributed by atoms with Gasteiger partial charge in [-0.25, -0.2) is 0 Å². The van der Waals surface area contributed by atoms with Crippen molar-refractivity contribution >= 4 is 11.8 Å². The minimum absolute atomic E-state index is 0.0381. The van der Waals surface area contributed by atoms with Crippen LogP contribution in [0.3, 0.4) is 0 Å². The lowest BCUT2D eigenvalue weighted by Crippen LogP contribution is -2.49. The number of methoxy groups -OCH3 is 1. The first-order chi connectivity index (χ1) is 13.6. The first-order valence-corrected chi connectivity index (χ1v) is 10.8. The zero-order chi connectivity index (χ0) is 19.9. The summed E-state index contributed by atoms with van der Waals surface area (Å²) in [5, 5.41) is 2.97. The average Bonchev–Trinajstić information content (AvgIpc) is 3.28. The maximum atomic E-state index is 13.1. The molecular weight excluding hydrogens is 352 g/mol. The number of benzene rings is 1. The van der Waals surface area contributed by atoms with Gasteiger partial charge in [0.25, 0.3) is 0 Å². The molecule has 2 fully saturated rings. The lowest BCUT2D eigenvalue weighted by Gasteiger charge is -2.38. The summed E-state index contributed by atoms with van der Waals surface area (Å²) in [6.07, 6.45) is 6.09. The van der Waals surface area contributed by atoms with E-state index in [0.29, 0.717) is 19.7 Å². The van der Waals surface area contributed by atoms with Crippen molar-refractivity contribution in [3.05, 3.63) is 35.4 Å². The van der Waals surface area contributed by atoms with E-state index in [9.17, 15) is 9.59 Å². The van der Waals surface area contributed by atoms with Crippen molar-refractivity contribution in [2.24, 2.45) is 11.8 Å². The summed E-state index contributed by atoms with van der Waals surface area (Å²) >= 11 is 0. The van der Waals surface area contributed by atoms with E-state index < -0.39 is 0 Å². The molecule has 2 aliphatic rings. The van der Waals surface area contributed by atoms with Crippen molar-refractivity contribution in [1.29, 1.82) is 0 Å². The number of hydrogen-bond donors (Lipinski definition) is 1. The van der Waals surface area contributed by atoms with E-state index in [-0.39, 0.29) is 29.6 Å². The van der Waals surface area contributed by atoms with Gasteiger partial charge >= 0.3 is 0 Å². The molecule has 0 bridgehead atoms. The van der Waals surface area contributed by atoms with E-state index in [2.05, 4.69) is 36.5 Å². The van der Waals surface area contributed by atoms with Gasteiger partial charge in [-0.1, -0.05) is 44.0 Å². The third-order valence-corrected chi connectivity index (χ3v) is 6.30. The number of amides is 2. The van der Waals surface area contributed by atoms with Crippen molar-refractivity contribution < 1.29 is 14.3 Å². The Balaban J connectivity index is 1.74. The molecule has 3 rings (SSSR count). The third-order valence-electron chi connectivity index (χ3n) is 6.30. The second-order valence-electron chi connectivity index (χ2n) is 8.23. The minimum Gasteiger partial charge on any atom is -0.383 e. The smallest absolute Gasteiger partial charge is 0.225 e. The molecule has 1 aromatic rings. The van der Waals surface area contributed by atoms with Crippen LogP contribution in [-0.4, -0.2) is 50.1 Å². The molecule has 5 heteroatoms. The molecule has 2 atom stereocenters. The number of likely N-dealkylation sites (tertiary alicyclic amines) is 1. The fourth-order valence-corrected chi connectivity index (χ4v) is 4.59. The van der Waals surface area contributed by atoms with Crippen LogP contribution < -0.4 is 5.32 Å². The molecule has 1 saturated carbocycles. The molecule has 28 heavy (non-hydrogen) atoms. The van der Waals surface area contributed by atoms with Crippen molar-refractivity contribution in [3.8, 4) is 0 Å². The SMILES string of the molecule is CCc1ccc([C@@H]2C[C@@H](C(=O)NCCOC)CN(C(=O)C3CCCC3)C2)cc1. The van der Waals surface area contributed by atoms with Gasteiger partial charge in [0.05, 0.1) is 12.5 Å². The van der Waals surface area contributed by atoms with Crippen LogP contribution in [0.5, 0.6) is 0 Å². The molecule has 2 amide bonds. The van der Waals surface area contributed by atoms with E-state index in [1.807, 2.05) is 4.90 Å². The largest absolute Gasteiger partial charge is 0.383 e. The molecule has 0 radical (unpaired) electrons. The Kier molecular flexibility index (Phi) is 7.49. The van der Waals surface area contributed by atoms with Crippen LogP contribution in [0.25, 0.3) is 0 Å². The van der Waals surface area contributed by atoms with E-state index in [1.54, 1.807) is 7.11 Å². The quantitative estimate of drug-likeness (QED) is 0.733. The number of carbonyl (C=O) groups is 2. The highest BCUT2D eigenvalue weighted by molar-refractivity contribution is 5.82. The molecule has 1 aliphatic heterocycles. The van der Waals surface area contributed by atoms with Crippen molar-refractivity contribution in [2.45, 2.75) is 51.4 Å². The molecule has 1 saturated heterocycles. The van der Waals surface area contributed by atoms with Gasteiger partial charge in [0.1, 0.15) is 0 Å². The van der Waals surface area contributed by atoms with Crippen LogP contribution in [-0.2, 0) is 20.7 Å². The number of nitrogens with one attached hydrogen (secondary N) is 1. The minimum atomic E-state index is -0.160. The molecule has 5 nitrogen and oxygen atoms in total. The molecule has 0 spiro atoms. The Morgan fingerprint density at radius 1 is 1.11 bits per heavy atom. The summed E-state index contributed by atoms with van der Waals surface area (Å²) in [5.74, 6) is 0.492. The number of aryl methyl sites for hydroxylation is 1. The Morgan fingerprint density at radius 3 is 2.46 bits per heavy atom. The Labute approximate surface area is 168 Å². The summed E-state index contributed by atoms with van der Waals surface area (Å²) in [6.45, 7) is 4.43. The van der Waals surface area contributed by atoms with E-state index in [0.717, 1.165) is 45.1 Å². The monoisotopic (exact) mass is 386 g/mol. The molecule has 1 aliphatic carbocycles. The fourth-order valence-electron chi connectivity index (χ4n) is 4.59. The number of carbonyl (C=O) groups excluding carboxylic acids is 2. The highest BCUT2D eigenvalue weighted by Crippen LogP contribution is 2.34. The Bertz CT molecular complexity index is 652. The van der Waals surface area contributed by atoms with Crippen molar-refractivity contribution in [1.82, 2.24) is 10.2 Å². The second-order valence-corrected chi connectivity index (χ2v) is 8.23. The number of nitrogens with zero attached hydrogens (tertiary/aromatic N) is 1. The Hall–Kier alpha value is -1.88. The van der Waals surface area contributed by atoms with Gasteiger partial charge < -0.3 is 15.0 Å². The lowest BCUT2D eigenvalue weighted by atomic mass is 9.83. The molecule has 154 valence electrons. The van der Waals surface area contributed by atoms with E-state index in [1.165, 1.54) is 11.1 Å². The second kappa shape index (κ2) is 10.1. The van der Waals surface area contributed by atoms with E-state index in [4.69, 9.17) is 4.74 Å². The van der Waals surface area contributed by atoms with Crippen LogP contribution in [0.1, 0.15) is 56.1 Å². The van der Waals surface area contributed by atoms with Crippen LogP contribution >= 0.6 is 0 Å². The summed E-state index contributed by atoms with van der Waals surface area (Å²) in [5.41, 5.74) is 2.54. The zero-order valence-electron chi connectivity index (χ0n) is 17.3. The predicted molar refractivity (Wildman–Crippen MR) is 110 cm³/mol. The molecule has 1 heterocycles. The van der Waals surface area contributed by atoms with Crippen molar-refractivity contribution in [3.63, 3.8) is 0 Å². The van der Waals surface area contributed by atoms with Crippen LogP contribution in [0.15, 0.2) is 24.3 Å². The van der Waals surface area contributed by atoms with Gasteiger partial charge in [-0.05, 0) is 36.8 Å². The van der Waals surface area contributed by atoms with Gasteiger partial charge in [-0.15, -0.1) is 0 Å². The van der Waals surface area contributed by atoms with Gasteiger partial charge in [-0.3, -0.25) is 9.59 Å². The summed E-state index contributed by atoms with van der Waals surface area (Å²) < 4.78 is 5.04. The fraction of sp³-hybridized carbons (Fsp3) is 0.652. The topological polar surface area (TPSA) is 58.6 Å². The maximum absolute atomic E-state index is 13.1. The van der Waals surface area contributed by atoms with E-state index >= 15 is 0 Å². The standard InChI is InChI=1S/C23H34N2O3/c1-3-17-8-10-18(11-9-17)20-14-21(22(26)24-12-13-28-2)16-25(15-20)23(27)19-6-4-5-7-19/h8-11,19-21H,3-7,12-16H2,1-2H3,(H,24,26)/t20-,21-/m1/s1. The van der Waals surface area contributed by atoms with Crippen LogP contribution in [0.4, 0.5) is 0 Å². The molecule has 1 N–H and O–H groups in total. The van der Waals surface area contributed by atoms with Gasteiger partial charge in [-0.2, -0.15) is 0 Å². The predicted octanol–water partition coefficient (Wildman–Crippen LogP) is 3.13. The average molecular weight is 387 g/mol. The normalized spacial score (nSPS) is 23.0. The van der Waals surface area contributed by atoms with Crippen molar-refractivity contribution in [2.75, 3.05) is 33.4 Å². The van der Waals surface area contributed by atoms with Gasteiger partial charge in [0.15, 0.2) is 0 Å². The molecular formula is C23H34N2O3. The zero-order valence-corrected chi connectivity index (χ0v) is 17.3. The first-order valence-electron chi connectivity index (χ1n) is 10.8. The summed E-state index contributed by atoms with van der Waals surface area (Å²) in [7, 11) is 1.63. The molecule has 0 unspecified atom stereocenters. The summed E-state index contributed by atoms with van der Waals surface area (Å²) in [6, 6.07) is 8.68. The van der Waals surface area contributed by atoms with Crippen LogP contribution in [0, 0.1) is 11.8 Å². The number of hydrogen-bond acceptors (Lipinski definition) is 3. The highest BCUT2D eigenvalue weighted by atomic mass is 16.5. The van der Waals surface area contributed by atoms with Gasteiger partial charge in [0.2, 0.25) is 11.8 Å². The maximum Gasteiger partial charge on any atom is 0.225 e. The highest BCUT2D eigenvalue weighted by Gasteiger charge is 2.37. The number of rotatable bonds is 7. The first kappa shape index (κ1) is 20.8. The molecule has 1 aromatic carbocycles. The van der Waals surface area contributed by atoms with Gasteiger partial charge in [0, 0.05) is 38.6 Å². The van der Waals surface area contributed by atoms with Crippen LogP contribution in [0.2, 0.25) is 0 Å².